The quantitative estimate of drug-likeness (QED) is 0.453. The van der Waals surface area contributed by atoms with Gasteiger partial charge in [-0.1, -0.05) is 25.5 Å². The first-order valence-electron chi connectivity index (χ1n) is 7.87. The molecule has 4 nitrogen and oxygen atoms in total. The van der Waals surface area contributed by atoms with Crippen LogP contribution >= 0.6 is 11.8 Å². The number of hydrogen-bond acceptors (Lipinski definition) is 4. The average Bonchev–Trinajstić information content (AvgIpc) is 2.62. The molecule has 24 heavy (non-hydrogen) atoms. The molecule has 5 heteroatoms. The first-order valence-corrected chi connectivity index (χ1v) is 8.85. The van der Waals surface area contributed by atoms with Gasteiger partial charge in [0.2, 0.25) is 0 Å². The van der Waals surface area contributed by atoms with E-state index < -0.39 is 5.97 Å². The molecule has 0 aliphatic rings. The van der Waals surface area contributed by atoms with Gasteiger partial charge in [0.1, 0.15) is 0 Å². The van der Waals surface area contributed by atoms with E-state index in [0.717, 1.165) is 23.5 Å². The standard InChI is InChI=1S/C19H21NO3S/c1-3-4-13-24-17-8-6-5-7-16(17)18(21)20-15-11-9-14(10-12-15)19(22)23-2/h5-12H,3-4,13H2,1-2H3,(H,20,21). The molecule has 0 aliphatic heterocycles. The van der Waals surface area contributed by atoms with Crippen LogP contribution in [0.4, 0.5) is 5.69 Å². The first-order chi connectivity index (χ1) is 11.7. The molecule has 0 radical (unpaired) electrons. The van der Waals surface area contributed by atoms with Crippen LogP contribution in [0.15, 0.2) is 53.4 Å². The predicted octanol–water partition coefficient (Wildman–Crippen LogP) is 4.62. The Hall–Kier alpha value is -2.27. The lowest BCUT2D eigenvalue weighted by Crippen LogP contribution is -2.13. The summed E-state index contributed by atoms with van der Waals surface area (Å²) >= 11 is 1.70. The van der Waals surface area contributed by atoms with E-state index in [9.17, 15) is 9.59 Å². The summed E-state index contributed by atoms with van der Waals surface area (Å²) in [5.74, 6) is 0.445. The molecule has 0 aromatic heterocycles. The fourth-order valence-electron chi connectivity index (χ4n) is 2.11. The number of carbonyl (C=O) groups is 2. The summed E-state index contributed by atoms with van der Waals surface area (Å²) in [6.07, 6.45) is 2.25. The Morgan fingerprint density at radius 3 is 2.46 bits per heavy atom. The minimum Gasteiger partial charge on any atom is -0.465 e. The van der Waals surface area contributed by atoms with Crippen LogP contribution in [0, 0.1) is 0 Å². The normalized spacial score (nSPS) is 10.2. The number of nitrogens with one attached hydrogen (secondary N) is 1. The van der Waals surface area contributed by atoms with Gasteiger partial charge in [-0.05, 0) is 48.6 Å². The highest BCUT2D eigenvalue weighted by Crippen LogP contribution is 2.24. The lowest BCUT2D eigenvalue weighted by atomic mass is 10.2. The molecule has 0 unspecified atom stereocenters. The molecule has 2 aromatic carbocycles. The van der Waals surface area contributed by atoms with Gasteiger partial charge in [0, 0.05) is 10.6 Å². The maximum atomic E-state index is 12.5. The number of anilines is 1. The minimum absolute atomic E-state index is 0.152. The summed E-state index contributed by atoms with van der Waals surface area (Å²) in [6.45, 7) is 2.15. The number of ether oxygens (including phenoxy) is 1. The Morgan fingerprint density at radius 1 is 1.08 bits per heavy atom. The highest BCUT2D eigenvalue weighted by atomic mass is 32.2. The summed E-state index contributed by atoms with van der Waals surface area (Å²) in [5.41, 5.74) is 1.75. The van der Waals surface area contributed by atoms with E-state index in [2.05, 4.69) is 17.0 Å². The van der Waals surface area contributed by atoms with Crippen molar-refractivity contribution in [3.63, 3.8) is 0 Å². The van der Waals surface area contributed by atoms with E-state index in [1.165, 1.54) is 7.11 Å². The fourth-order valence-corrected chi connectivity index (χ4v) is 3.26. The molecular weight excluding hydrogens is 322 g/mol. The van der Waals surface area contributed by atoms with Gasteiger partial charge in [0.05, 0.1) is 18.2 Å². The second-order valence-corrected chi connectivity index (χ2v) is 6.36. The number of rotatable bonds is 7. The monoisotopic (exact) mass is 343 g/mol. The first kappa shape index (κ1) is 18.1. The average molecular weight is 343 g/mol. The highest BCUT2D eigenvalue weighted by Gasteiger charge is 2.12. The van der Waals surface area contributed by atoms with Crippen LogP contribution in [0.3, 0.4) is 0 Å². The van der Waals surface area contributed by atoms with Crippen molar-refractivity contribution in [1.82, 2.24) is 0 Å². The molecule has 1 amide bonds. The molecule has 0 atom stereocenters. The number of benzene rings is 2. The smallest absolute Gasteiger partial charge is 0.337 e. The van der Waals surface area contributed by atoms with Crippen molar-refractivity contribution in [2.75, 3.05) is 18.2 Å². The number of carbonyl (C=O) groups excluding carboxylic acids is 2. The second kappa shape index (κ2) is 9.13. The zero-order valence-corrected chi connectivity index (χ0v) is 14.7. The van der Waals surface area contributed by atoms with E-state index in [1.54, 1.807) is 36.0 Å². The van der Waals surface area contributed by atoms with Crippen molar-refractivity contribution in [3.05, 3.63) is 59.7 Å². The summed E-state index contributed by atoms with van der Waals surface area (Å²) in [6, 6.07) is 14.2. The molecule has 1 N–H and O–H groups in total. The number of unbranched alkanes of at least 4 members (excludes halogenated alkanes) is 1. The van der Waals surface area contributed by atoms with Crippen molar-refractivity contribution >= 4 is 29.3 Å². The lowest BCUT2D eigenvalue weighted by Gasteiger charge is -2.10. The van der Waals surface area contributed by atoms with Crippen molar-refractivity contribution < 1.29 is 14.3 Å². The molecule has 2 aromatic rings. The molecule has 0 fully saturated rings. The van der Waals surface area contributed by atoms with Crippen LogP contribution in [0.1, 0.15) is 40.5 Å². The van der Waals surface area contributed by atoms with Crippen LogP contribution in [-0.4, -0.2) is 24.7 Å². The van der Waals surface area contributed by atoms with Gasteiger partial charge in [-0.2, -0.15) is 0 Å². The maximum Gasteiger partial charge on any atom is 0.337 e. The van der Waals surface area contributed by atoms with Gasteiger partial charge in [-0.3, -0.25) is 4.79 Å². The third kappa shape index (κ3) is 4.86. The molecule has 0 saturated heterocycles. The predicted molar refractivity (Wildman–Crippen MR) is 97.8 cm³/mol. The molecule has 0 spiro atoms. The van der Waals surface area contributed by atoms with Gasteiger partial charge < -0.3 is 10.1 Å². The molecule has 0 bridgehead atoms. The van der Waals surface area contributed by atoms with Gasteiger partial charge in [-0.25, -0.2) is 4.79 Å². The van der Waals surface area contributed by atoms with E-state index in [-0.39, 0.29) is 5.91 Å². The zero-order valence-electron chi connectivity index (χ0n) is 13.9. The number of methoxy groups -OCH3 is 1. The van der Waals surface area contributed by atoms with E-state index in [4.69, 9.17) is 0 Å². The third-order valence-corrected chi connectivity index (χ3v) is 4.61. The molecule has 0 saturated carbocycles. The Labute approximate surface area is 146 Å². The Morgan fingerprint density at radius 2 is 1.79 bits per heavy atom. The van der Waals surface area contributed by atoms with Crippen molar-refractivity contribution in [3.8, 4) is 0 Å². The van der Waals surface area contributed by atoms with Gasteiger partial charge in [0.25, 0.3) is 5.91 Å². The number of thioether (sulfide) groups is 1. The number of amides is 1. The molecule has 2 rings (SSSR count). The molecule has 0 aliphatic carbocycles. The summed E-state index contributed by atoms with van der Waals surface area (Å²) in [5, 5.41) is 2.87. The Balaban J connectivity index is 2.08. The summed E-state index contributed by atoms with van der Waals surface area (Å²) < 4.78 is 4.66. The van der Waals surface area contributed by atoms with Crippen molar-refractivity contribution in [2.45, 2.75) is 24.7 Å². The topological polar surface area (TPSA) is 55.4 Å². The van der Waals surface area contributed by atoms with Gasteiger partial charge in [0.15, 0.2) is 0 Å². The van der Waals surface area contributed by atoms with Crippen LogP contribution in [-0.2, 0) is 4.74 Å². The molecule has 0 heterocycles. The lowest BCUT2D eigenvalue weighted by molar-refractivity contribution is 0.0600. The largest absolute Gasteiger partial charge is 0.465 e. The molecular formula is C19H21NO3S. The minimum atomic E-state index is -0.398. The summed E-state index contributed by atoms with van der Waals surface area (Å²) in [7, 11) is 1.34. The van der Waals surface area contributed by atoms with Crippen molar-refractivity contribution in [1.29, 1.82) is 0 Å². The van der Waals surface area contributed by atoms with E-state index >= 15 is 0 Å². The highest BCUT2D eigenvalue weighted by molar-refractivity contribution is 7.99. The van der Waals surface area contributed by atoms with Gasteiger partial charge >= 0.3 is 5.97 Å². The number of esters is 1. The van der Waals surface area contributed by atoms with Crippen LogP contribution < -0.4 is 5.32 Å². The Bertz CT molecular complexity index is 698. The summed E-state index contributed by atoms with van der Waals surface area (Å²) in [4.78, 5) is 24.9. The van der Waals surface area contributed by atoms with Crippen LogP contribution in [0.5, 0.6) is 0 Å². The Kier molecular flexibility index (Phi) is 6.88. The zero-order chi connectivity index (χ0) is 17.4. The molecule has 126 valence electrons. The maximum absolute atomic E-state index is 12.5. The number of hydrogen-bond donors (Lipinski definition) is 1. The fraction of sp³-hybridized carbons (Fsp3) is 0.263. The van der Waals surface area contributed by atoms with E-state index in [0.29, 0.717) is 16.8 Å². The third-order valence-electron chi connectivity index (χ3n) is 3.45. The van der Waals surface area contributed by atoms with Crippen LogP contribution in [0.2, 0.25) is 0 Å². The van der Waals surface area contributed by atoms with Crippen LogP contribution in [0.25, 0.3) is 0 Å². The van der Waals surface area contributed by atoms with Gasteiger partial charge in [-0.15, -0.1) is 11.8 Å². The van der Waals surface area contributed by atoms with E-state index in [1.807, 2.05) is 24.3 Å². The van der Waals surface area contributed by atoms with Crippen molar-refractivity contribution in [2.24, 2.45) is 0 Å². The SMILES string of the molecule is CCCCSc1ccccc1C(=O)Nc1ccc(C(=O)OC)cc1. The second-order valence-electron chi connectivity index (χ2n) is 5.22.